The number of benzene rings is 2. The lowest BCUT2D eigenvalue weighted by molar-refractivity contribution is -0.348. The highest BCUT2D eigenvalue weighted by atomic mass is 79.9. The number of nitrogens with two attached hydrogens (primary N) is 1. The number of amides is 1. The van der Waals surface area contributed by atoms with Crippen LogP contribution in [0.3, 0.4) is 0 Å². The van der Waals surface area contributed by atoms with Crippen LogP contribution in [0.5, 0.6) is 0 Å². The number of anilines is 2. The fourth-order valence-electron chi connectivity index (χ4n) is 2.51. The summed E-state index contributed by atoms with van der Waals surface area (Å²) in [7, 11) is 0. The molecule has 0 aliphatic heterocycles. The summed E-state index contributed by atoms with van der Waals surface area (Å²) in [4.78, 5) is 12.2. The number of alkyl halides is 10. The SMILES string of the molecule is Nc1cc(C(=O)Nc2c(Br)cc(C(F)(C(F)(F)F)C(F)(F)F)cc2C(F)(F)F)ccc1F. The van der Waals surface area contributed by atoms with Gasteiger partial charge in [0.05, 0.1) is 16.9 Å². The Morgan fingerprint density at radius 3 is 1.84 bits per heavy atom. The summed E-state index contributed by atoms with van der Waals surface area (Å²) in [5.41, 5.74) is -7.90. The molecule has 32 heavy (non-hydrogen) atoms. The Balaban J connectivity index is 2.69. The van der Waals surface area contributed by atoms with Gasteiger partial charge in [0.2, 0.25) is 0 Å². The van der Waals surface area contributed by atoms with E-state index < -0.39 is 74.5 Å². The summed E-state index contributed by atoms with van der Waals surface area (Å²) in [6.45, 7) is 0. The smallest absolute Gasteiger partial charge is 0.396 e. The van der Waals surface area contributed by atoms with Crippen molar-refractivity contribution in [1.29, 1.82) is 0 Å². The molecule has 0 saturated heterocycles. The second-order valence-corrected chi connectivity index (χ2v) is 7.08. The van der Waals surface area contributed by atoms with Crippen molar-refractivity contribution in [1.82, 2.24) is 0 Å². The molecular weight excluding hydrogens is 537 g/mol. The minimum Gasteiger partial charge on any atom is -0.396 e. The molecule has 0 aliphatic rings. The molecule has 176 valence electrons. The summed E-state index contributed by atoms with van der Waals surface area (Å²) in [5, 5.41) is 1.64. The lowest BCUT2D eigenvalue weighted by Gasteiger charge is -2.31. The van der Waals surface area contributed by atoms with Crippen molar-refractivity contribution in [2.75, 3.05) is 11.1 Å². The molecule has 0 aliphatic carbocycles. The number of rotatable bonds is 3. The van der Waals surface area contributed by atoms with E-state index in [1.165, 1.54) is 0 Å². The Labute approximate surface area is 179 Å². The minimum atomic E-state index is -6.66. The summed E-state index contributed by atoms with van der Waals surface area (Å²) in [6, 6.07) is 1.32. The average molecular weight is 545 g/mol. The van der Waals surface area contributed by atoms with Crippen LogP contribution in [-0.2, 0) is 11.8 Å². The molecule has 0 radical (unpaired) electrons. The predicted molar refractivity (Wildman–Crippen MR) is 92.8 cm³/mol. The zero-order valence-corrected chi connectivity index (χ0v) is 16.5. The number of nitrogens with one attached hydrogen (secondary N) is 1. The van der Waals surface area contributed by atoms with Crippen LogP contribution in [0, 0.1) is 5.82 Å². The van der Waals surface area contributed by atoms with Gasteiger partial charge in [-0.25, -0.2) is 8.78 Å². The van der Waals surface area contributed by atoms with Gasteiger partial charge in [0, 0.05) is 15.6 Å². The number of carbonyl (C=O) groups excluding carboxylic acids is 1. The molecule has 2 rings (SSSR count). The monoisotopic (exact) mass is 544 g/mol. The summed E-state index contributed by atoms with van der Waals surface area (Å²) < 4.78 is 144. The van der Waals surface area contributed by atoms with Gasteiger partial charge in [0.1, 0.15) is 5.82 Å². The van der Waals surface area contributed by atoms with E-state index in [1.807, 2.05) is 0 Å². The van der Waals surface area contributed by atoms with Gasteiger partial charge in [0.25, 0.3) is 5.91 Å². The Morgan fingerprint density at radius 2 is 1.41 bits per heavy atom. The highest BCUT2D eigenvalue weighted by Gasteiger charge is 2.73. The third-order valence-electron chi connectivity index (χ3n) is 4.07. The van der Waals surface area contributed by atoms with Crippen molar-refractivity contribution >= 4 is 33.2 Å². The quantitative estimate of drug-likeness (QED) is 0.332. The van der Waals surface area contributed by atoms with E-state index in [4.69, 9.17) is 5.73 Å². The molecule has 0 saturated carbocycles. The van der Waals surface area contributed by atoms with Crippen LogP contribution < -0.4 is 11.1 Å². The number of halogens is 12. The van der Waals surface area contributed by atoms with E-state index in [-0.39, 0.29) is 6.07 Å². The van der Waals surface area contributed by atoms with Crippen LogP contribution in [0.2, 0.25) is 0 Å². The van der Waals surface area contributed by atoms with Crippen molar-refractivity contribution in [3.63, 3.8) is 0 Å². The first-order chi connectivity index (χ1) is 14.3. The van der Waals surface area contributed by atoms with Gasteiger partial charge in [-0.15, -0.1) is 0 Å². The molecule has 0 heterocycles. The number of nitrogen functional groups attached to an aromatic ring is 1. The highest BCUT2D eigenvalue weighted by molar-refractivity contribution is 9.10. The average Bonchev–Trinajstić information content (AvgIpc) is 2.61. The zero-order valence-electron chi connectivity index (χ0n) is 14.9. The Bertz CT molecular complexity index is 1030. The Hall–Kier alpha value is -2.58. The van der Waals surface area contributed by atoms with E-state index in [9.17, 15) is 53.1 Å². The molecule has 3 N–H and O–H groups in total. The molecule has 2 aromatic carbocycles. The molecule has 15 heteroatoms. The normalized spacial score (nSPS) is 13.2. The molecule has 0 bridgehead atoms. The maximum atomic E-state index is 14.3. The summed E-state index contributed by atoms with van der Waals surface area (Å²) in [5.74, 6) is -2.34. The second-order valence-electron chi connectivity index (χ2n) is 6.22. The molecule has 0 fully saturated rings. The van der Waals surface area contributed by atoms with Crippen LogP contribution in [0.1, 0.15) is 21.5 Å². The van der Waals surface area contributed by atoms with Gasteiger partial charge in [0.15, 0.2) is 0 Å². The van der Waals surface area contributed by atoms with Gasteiger partial charge in [-0.05, 0) is 46.3 Å². The van der Waals surface area contributed by atoms with E-state index in [0.717, 1.165) is 12.1 Å². The molecule has 3 nitrogen and oxygen atoms in total. The molecule has 0 spiro atoms. The largest absolute Gasteiger partial charge is 0.435 e. The second kappa shape index (κ2) is 8.08. The number of hydrogen-bond donors (Lipinski definition) is 2. The first-order valence-electron chi connectivity index (χ1n) is 7.90. The topological polar surface area (TPSA) is 55.1 Å². The first-order valence-corrected chi connectivity index (χ1v) is 8.70. The molecule has 0 unspecified atom stereocenters. The van der Waals surface area contributed by atoms with Crippen molar-refractivity contribution < 1.29 is 53.1 Å². The summed E-state index contributed by atoms with van der Waals surface area (Å²) in [6.07, 6.45) is -18.9. The number of carbonyl (C=O) groups is 1. The van der Waals surface area contributed by atoms with Crippen LogP contribution in [0.15, 0.2) is 34.8 Å². The molecular formula is C17H8BrF11N2O. The van der Waals surface area contributed by atoms with Gasteiger partial charge < -0.3 is 11.1 Å². The van der Waals surface area contributed by atoms with Crippen LogP contribution in [0.25, 0.3) is 0 Å². The lowest BCUT2D eigenvalue weighted by Crippen LogP contribution is -2.50. The van der Waals surface area contributed by atoms with E-state index in [0.29, 0.717) is 6.07 Å². The third kappa shape index (κ3) is 4.61. The van der Waals surface area contributed by atoms with Gasteiger partial charge in [-0.3, -0.25) is 4.79 Å². The maximum Gasteiger partial charge on any atom is 0.435 e. The van der Waals surface area contributed by atoms with Gasteiger partial charge in [-0.2, -0.15) is 39.5 Å². The van der Waals surface area contributed by atoms with E-state index in [2.05, 4.69) is 15.9 Å². The summed E-state index contributed by atoms with van der Waals surface area (Å²) >= 11 is 2.34. The number of hydrogen-bond acceptors (Lipinski definition) is 2. The highest BCUT2D eigenvalue weighted by Crippen LogP contribution is 2.55. The van der Waals surface area contributed by atoms with Crippen LogP contribution in [0.4, 0.5) is 59.7 Å². The van der Waals surface area contributed by atoms with Gasteiger partial charge >= 0.3 is 24.2 Å². The van der Waals surface area contributed by atoms with Crippen molar-refractivity contribution in [3.05, 3.63) is 57.3 Å². The fourth-order valence-corrected chi connectivity index (χ4v) is 3.07. The maximum absolute atomic E-state index is 14.3. The third-order valence-corrected chi connectivity index (χ3v) is 4.70. The Kier molecular flexibility index (Phi) is 6.49. The molecule has 0 aromatic heterocycles. The van der Waals surface area contributed by atoms with Gasteiger partial charge in [-0.1, -0.05) is 0 Å². The first kappa shape index (κ1) is 25.7. The van der Waals surface area contributed by atoms with Crippen molar-refractivity contribution in [3.8, 4) is 0 Å². The van der Waals surface area contributed by atoms with Crippen LogP contribution >= 0.6 is 15.9 Å². The molecule has 0 atom stereocenters. The zero-order chi connectivity index (χ0) is 24.9. The lowest BCUT2D eigenvalue weighted by atomic mass is 9.92. The standard InChI is InChI=1S/C17H8BrF11N2O/c18-9-5-7(14(20,16(24,25)26)17(27,28)29)4-8(15(21,22)23)12(9)31-13(32)6-1-2-10(19)11(30)3-6/h1-5H,30H2,(H,31,32). The van der Waals surface area contributed by atoms with E-state index in [1.54, 1.807) is 5.32 Å². The fraction of sp³-hybridized carbons (Fsp3) is 0.235. The molecule has 2 aromatic rings. The minimum absolute atomic E-state index is 0.190. The van der Waals surface area contributed by atoms with Crippen molar-refractivity contribution in [2.45, 2.75) is 24.2 Å². The molecule has 1 amide bonds. The van der Waals surface area contributed by atoms with Crippen LogP contribution in [-0.4, -0.2) is 18.3 Å². The van der Waals surface area contributed by atoms with Crippen molar-refractivity contribution in [2.24, 2.45) is 0 Å². The Morgan fingerprint density at radius 1 is 0.875 bits per heavy atom. The predicted octanol–water partition coefficient (Wildman–Crippen LogP) is 6.73. The van der Waals surface area contributed by atoms with E-state index >= 15 is 0 Å².